The lowest BCUT2D eigenvalue weighted by Gasteiger charge is -2.35. The number of amides is 1. The summed E-state index contributed by atoms with van der Waals surface area (Å²) < 4.78 is 0. The van der Waals surface area contributed by atoms with Gasteiger partial charge in [-0.05, 0) is 25.0 Å². The molecule has 3 fully saturated rings. The Hall–Kier alpha value is -1.66. The van der Waals surface area contributed by atoms with Crippen LogP contribution in [0, 0.1) is 5.92 Å². The van der Waals surface area contributed by atoms with Crippen LogP contribution >= 0.6 is 22.9 Å². The van der Waals surface area contributed by atoms with Gasteiger partial charge in [-0.2, -0.15) is 0 Å². The van der Waals surface area contributed by atoms with Crippen LogP contribution in [0.3, 0.4) is 0 Å². The van der Waals surface area contributed by atoms with Gasteiger partial charge in [0.1, 0.15) is 5.82 Å². The molecule has 3 aliphatic heterocycles. The Morgan fingerprint density at radius 2 is 2.17 bits per heavy atom. The number of nitrogens with zero attached hydrogens (tertiary/aromatic N) is 4. The lowest BCUT2D eigenvalue weighted by molar-refractivity contribution is -0.140. The fourth-order valence-electron chi connectivity index (χ4n) is 3.48. The van der Waals surface area contributed by atoms with Crippen LogP contribution in [-0.4, -0.2) is 39.9 Å². The maximum absolute atomic E-state index is 12.8. The minimum absolute atomic E-state index is 0.0462. The van der Waals surface area contributed by atoms with Crippen LogP contribution in [0.1, 0.15) is 18.5 Å². The molecule has 23 heavy (non-hydrogen) atoms. The standard InChI is InChI=1S/C16H17ClN4OS/c17-12-2-4-15(18-5-12)20-6-11-1-3-14(8-20)21(16(11)22)7-13-9-23-10-19-13/h2,4-5,9-11,14H,1,3,6-8H2/t11-,14+/m0/s1. The molecule has 3 aliphatic rings. The number of hydrogen-bond donors (Lipinski definition) is 0. The highest BCUT2D eigenvalue weighted by Crippen LogP contribution is 2.32. The molecule has 120 valence electrons. The lowest BCUT2D eigenvalue weighted by atomic mass is 9.94. The van der Waals surface area contributed by atoms with Gasteiger partial charge in [0, 0.05) is 30.7 Å². The molecular formula is C16H17ClN4OS. The Labute approximate surface area is 143 Å². The number of hydrogen-bond acceptors (Lipinski definition) is 5. The van der Waals surface area contributed by atoms with Crippen LogP contribution in [0.2, 0.25) is 5.02 Å². The van der Waals surface area contributed by atoms with Gasteiger partial charge in [0.05, 0.1) is 28.7 Å². The average Bonchev–Trinajstić information content (AvgIpc) is 2.92. The molecule has 0 N–H and O–H groups in total. The number of fused-ring (bicyclic) bond motifs is 4. The monoisotopic (exact) mass is 348 g/mol. The molecule has 5 nitrogen and oxygen atoms in total. The average molecular weight is 349 g/mol. The van der Waals surface area contributed by atoms with E-state index in [1.807, 2.05) is 27.9 Å². The predicted molar refractivity (Wildman–Crippen MR) is 90.6 cm³/mol. The first-order chi connectivity index (χ1) is 11.2. The van der Waals surface area contributed by atoms with E-state index in [0.717, 1.165) is 37.4 Å². The Bertz CT molecular complexity index is 691. The van der Waals surface area contributed by atoms with E-state index in [0.29, 0.717) is 11.6 Å². The number of piperidine rings is 1. The van der Waals surface area contributed by atoms with E-state index >= 15 is 0 Å². The third kappa shape index (κ3) is 2.93. The van der Waals surface area contributed by atoms with Crippen LogP contribution in [0.4, 0.5) is 5.82 Å². The normalized spacial score (nSPS) is 24.1. The van der Waals surface area contributed by atoms with Gasteiger partial charge in [-0.25, -0.2) is 9.97 Å². The molecular weight excluding hydrogens is 332 g/mol. The molecule has 2 aromatic heterocycles. The molecule has 0 aliphatic carbocycles. The van der Waals surface area contributed by atoms with Crippen molar-refractivity contribution in [1.82, 2.24) is 14.9 Å². The number of anilines is 1. The topological polar surface area (TPSA) is 49.3 Å². The third-order valence-corrected chi connectivity index (χ3v) is 5.50. The summed E-state index contributed by atoms with van der Waals surface area (Å²) in [7, 11) is 0. The summed E-state index contributed by atoms with van der Waals surface area (Å²) in [6, 6.07) is 4.01. The summed E-state index contributed by atoms with van der Waals surface area (Å²) in [6.45, 7) is 2.17. The minimum Gasteiger partial charge on any atom is -0.354 e. The highest BCUT2D eigenvalue weighted by atomic mass is 35.5. The van der Waals surface area contributed by atoms with Crippen molar-refractivity contribution in [1.29, 1.82) is 0 Å². The lowest BCUT2D eigenvalue weighted by Crippen LogP contribution is -2.47. The van der Waals surface area contributed by atoms with Crippen molar-refractivity contribution in [2.45, 2.75) is 25.4 Å². The van der Waals surface area contributed by atoms with E-state index in [9.17, 15) is 4.79 Å². The Kier molecular flexibility index (Phi) is 3.95. The first-order valence-corrected chi connectivity index (χ1v) is 9.07. The molecule has 5 heterocycles. The number of rotatable bonds is 3. The number of halogens is 1. The third-order valence-electron chi connectivity index (χ3n) is 4.64. The maximum Gasteiger partial charge on any atom is 0.228 e. The quantitative estimate of drug-likeness (QED) is 0.855. The summed E-state index contributed by atoms with van der Waals surface area (Å²) in [5, 5.41) is 2.65. The van der Waals surface area contributed by atoms with E-state index in [-0.39, 0.29) is 17.9 Å². The number of pyridine rings is 1. The molecule has 0 spiro atoms. The van der Waals surface area contributed by atoms with Crippen molar-refractivity contribution < 1.29 is 4.79 Å². The molecule has 2 atom stereocenters. The summed E-state index contributed by atoms with van der Waals surface area (Å²) in [6.07, 6.45) is 3.67. The van der Waals surface area contributed by atoms with E-state index < -0.39 is 0 Å². The van der Waals surface area contributed by atoms with Crippen LogP contribution in [0.25, 0.3) is 0 Å². The summed E-state index contributed by atoms with van der Waals surface area (Å²) >= 11 is 7.50. The Balaban J connectivity index is 1.58. The van der Waals surface area contributed by atoms with Crippen molar-refractivity contribution in [3.8, 4) is 0 Å². The van der Waals surface area contributed by atoms with Crippen molar-refractivity contribution in [2.75, 3.05) is 18.0 Å². The summed E-state index contributed by atoms with van der Waals surface area (Å²) in [4.78, 5) is 25.8. The molecule has 5 rings (SSSR count). The van der Waals surface area contributed by atoms with Crippen molar-refractivity contribution >= 4 is 34.7 Å². The zero-order chi connectivity index (χ0) is 15.8. The van der Waals surface area contributed by atoms with Crippen LogP contribution in [0.5, 0.6) is 0 Å². The van der Waals surface area contributed by atoms with Gasteiger partial charge in [0.15, 0.2) is 0 Å². The van der Waals surface area contributed by atoms with Crippen molar-refractivity contribution in [2.24, 2.45) is 5.92 Å². The summed E-state index contributed by atoms with van der Waals surface area (Å²) in [5.41, 5.74) is 2.80. The van der Waals surface area contributed by atoms with Crippen molar-refractivity contribution in [3.63, 3.8) is 0 Å². The molecule has 2 aromatic rings. The molecule has 0 unspecified atom stereocenters. The number of aromatic nitrogens is 2. The minimum atomic E-state index is 0.0462. The molecule has 7 heteroatoms. The SMILES string of the molecule is O=C1[C@H]2CC[C@H](CN(c3ccc(Cl)cn3)C2)N1Cc1cscn1. The van der Waals surface area contributed by atoms with Gasteiger partial charge in [0.2, 0.25) is 5.91 Å². The van der Waals surface area contributed by atoms with Gasteiger partial charge in [0.25, 0.3) is 0 Å². The van der Waals surface area contributed by atoms with E-state index in [1.165, 1.54) is 0 Å². The van der Waals surface area contributed by atoms with Gasteiger partial charge >= 0.3 is 0 Å². The Morgan fingerprint density at radius 3 is 2.91 bits per heavy atom. The highest BCUT2D eigenvalue weighted by Gasteiger charge is 2.41. The van der Waals surface area contributed by atoms with E-state index in [4.69, 9.17) is 11.6 Å². The molecule has 0 saturated carbocycles. The smallest absolute Gasteiger partial charge is 0.228 e. The van der Waals surface area contributed by atoms with Crippen LogP contribution in [-0.2, 0) is 11.3 Å². The van der Waals surface area contributed by atoms with Gasteiger partial charge in [-0.3, -0.25) is 4.79 Å². The van der Waals surface area contributed by atoms with Crippen molar-refractivity contribution in [3.05, 3.63) is 39.9 Å². The summed E-state index contributed by atoms with van der Waals surface area (Å²) in [5.74, 6) is 1.20. The second-order valence-corrected chi connectivity index (χ2v) is 7.27. The van der Waals surface area contributed by atoms with E-state index in [2.05, 4.69) is 14.9 Å². The first kappa shape index (κ1) is 14.9. The second-order valence-electron chi connectivity index (χ2n) is 6.11. The number of carbonyl (C=O) groups excluding carboxylic acids is 1. The van der Waals surface area contributed by atoms with Gasteiger partial charge in [-0.1, -0.05) is 11.6 Å². The van der Waals surface area contributed by atoms with Gasteiger partial charge in [-0.15, -0.1) is 11.3 Å². The second kappa shape index (κ2) is 6.09. The number of carbonyl (C=O) groups is 1. The fraction of sp³-hybridized carbons (Fsp3) is 0.438. The molecule has 3 saturated heterocycles. The Morgan fingerprint density at radius 1 is 1.26 bits per heavy atom. The zero-order valence-corrected chi connectivity index (χ0v) is 14.1. The largest absolute Gasteiger partial charge is 0.354 e. The molecule has 2 bridgehead atoms. The molecule has 1 amide bonds. The predicted octanol–water partition coefficient (Wildman–Crippen LogP) is 2.82. The molecule has 0 radical (unpaired) electrons. The van der Waals surface area contributed by atoms with Gasteiger partial charge < -0.3 is 9.80 Å². The zero-order valence-electron chi connectivity index (χ0n) is 12.6. The maximum atomic E-state index is 12.8. The van der Waals surface area contributed by atoms with Crippen LogP contribution < -0.4 is 4.90 Å². The number of thiazole rings is 1. The van der Waals surface area contributed by atoms with Crippen LogP contribution in [0.15, 0.2) is 29.2 Å². The highest BCUT2D eigenvalue weighted by molar-refractivity contribution is 7.07. The first-order valence-electron chi connectivity index (χ1n) is 7.75. The fourth-order valence-corrected chi connectivity index (χ4v) is 4.14. The van der Waals surface area contributed by atoms with E-state index in [1.54, 1.807) is 17.5 Å². The molecule has 0 aromatic carbocycles.